The SMILES string of the molecule is NC(=O)c1cc(N)n(-c2nccn2-c2ccccc2)n1. The number of aromatic nitrogens is 4. The molecule has 3 rings (SSSR count). The van der Waals surface area contributed by atoms with Crippen molar-refractivity contribution in [3.05, 3.63) is 54.5 Å². The average Bonchev–Trinajstić information content (AvgIpc) is 3.05. The highest BCUT2D eigenvalue weighted by atomic mass is 16.1. The maximum atomic E-state index is 11.2. The van der Waals surface area contributed by atoms with Gasteiger partial charge in [-0.05, 0) is 12.1 Å². The first kappa shape index (κ1) is 12.0. The minimum Gasteiger partial charge on any atom is -0.383 e. The molecule has 0 aliphatic carbocycles. The molecule has 4 N–H and O–H groups in total. The van der Waals surface area contributed by atoms with E-state index < -0.39 is 5.91 Å². The van der Waals surface area contributed by atoms with Gasteiger partial charge in [-0.25, -0.2) is 4.98 Å². The van der Waals surface area contributed by atoms with Crippen molar-refractivity contribution < 1.29 is 4.79 Å². The summed E-state index contributed by atoms with van der Waals surface area (Å²) in [5.41, 5.74) is 12.1. The molecule has 0 atom stereocenters. The molecule has 1 aromatic carbocycles. The van der Waals surface area contributed by atoms with Crippen molar-refractivity contribution in [1.82, 2.24) is 19.3 Å². The van der Waals surface area contributed by atoms with Crippen LogP contribution in [0.15, 0.2) is 48.8 Å². The molecular formula is C13H12N6O. The van der Waals surface area contributed by atoms with Gasteiger partial charge in [0.1, 0.15) is 5.82 Å². The second-order valence-corrected chi connectivity index (χ2v) is 4.16. The lowest BCUT2D eigenvalue weighted by atomic mass is 10.3. The largest absolute Gasteiger partial charge is 0.383 e. The Bertz CT molecular complexity index is 758. The number of anilines is 1. The summed E-state index contributed by atoms with van der Waals surface area (Å²) in [6, 6.07) is 11.0. The molecule has 0 radical (unpaired) electrons. The summed E-state index contributed by atoms with van der Waals surface area (Å²) in [4.78, 5) is 15.4. The number of imidazole rings is 1. The molecule has 0 saturated heterocycles. The van der Waals surface area contributed by atoms with Gasteiger partial charge < -0.3 is 11.5 Å². The summed E-state index contributed by atoms with van der Waals surface area (Å²) >= 11 is 0. The van der Waals surface area contributed by atoms with E-state index in [1.807, 2.05) is 34.9 Å². The molecule has 20 heavy (non-hydrogen) atoms. The van der Waals surface area contributed by atoms with E-state index in [4.69, 9.17) is 11.5 Å². The van der Waals surface area contributed by atoms with Crippen molar-refractivity contribution in [3.8, 4) is 11.6 Å². The number of carbonyl (C=O) groups excluding carboxylic acids is 1. The Balaban J connectivity index is 2.13. The second kappa shape index (κ2) is 4.54. The van der Waals surface area contributed by atoms with Crippen LogP contribution in [0, 0.1) is 0 Å². The predicted molar refractivity (Wildman–Crippen MR) is 73.6 cm³/mol. The van der Waals surface area contributed by atoms with Crippen LogP contribution in [-0.4, -0.2) is 25.2 Å². The van der Waals surface area contributed by atoms with Gasteiger partial charge in [0.05, 0.1) is 0 Å². The van der Waals surface area contributed by atoms with Gasteiger partial charge in [-0.2, -0.15) is 9.78 Å². The topological polar surface area (TPSA) is 105 Å². The lowest BCUT2D eigenvalue weighted by Crippen LogP contribution is -2.13. The van der Waals surface area contributed by atoms with E-state index in [2.05, 4.69) is 10.1 Å². The molecule has 0 aliphatic heterocycles. The summed E-state index contributed by atoms with van der Waals surface area (Å²) in [6.45, 7) is 0. The van der Waals surface area contributed by atoms with Gasteiger partial charge in [0.15, 0.2) is 5.69 Å². The second-order valence-electron chi connectivity index (χ2n) is 4.16. The molecule has 2 heterocycles. The smallest absolute Gasteiger partial charge is 0.269 e. The zero-order chi connectivity index (χ0) is 14.1. The number of nitrogens with zero attached hydrogens (tertiary/aromatic N) is 4. The highest BCUT2D eigenvalue weighted by molar-refractivity contribution is 5.91. The van der Waals surface area contributed by atoms with Gasteiger partial charge >= 0.3 is 0 Å². The normalized spacial score (nSPS) is 10.6. The Hall–Kier alpha value is -3.09. The maximum absolute atomic E-state index is 11.2. The standard InChI is InChI=1S/C13H12N6O/c14-11-8-10(12(15)20)17-19(11)13-16-6-7-18(13)9-4-2-1-3-5-9/h1-8H,14H2,(H2,15,20). The molecule has 2 aromatic heterocycles. The van der Waals surface area contributed by atoms with Gasteiger partial charge in [-0.1, -0.05) is 18.2 Å². The predicted octanol–water partition coefficient (Wildman–Crippen LogP) is 0.739. The zero-order valence-corrected chi connectivity index (χ0v) is 10.5. The van der Waals surface area contributed by atoms with E-state index in [-0.39, 0.29) is 5.69 Å². The first-order valence-electron chi connectivity index (χ1n) is 5.91. The summed E-state index contributed by atoms with van der Waals surface area (Å²) < 4.78 is 3.20. The number of nitrogen functional groups attached to an aromatic ring is 1. The highest BCUT2D eigenvalue weighted by Crippen LogP contribution is 2.17. The Morgan fingerprint density at radius 1 is 1.20 bits per heavy atom. The molecule has 0 fully saturated rings. The summed E-state index contributed by atoms with van der Waals surface area (Å²) in [6.07, 6.45) is 3.42. The van der Waals surface area contributed by atoms with E-state index in [9.17, 15) is 4.79 Å². The Morgan fingerprint density at radius 3 is 2.60 bits per heavy atom. The first-order valence-corrected chi connectivity index (χ1v) is 5.91. The average molecular weight is 268 g/mol. The van der Waals surface area contributed by atoms with E-state index in [1.165, 1.54) is 10.7 Å². The van der Waals surface area contributed by atoms with E-state index >= 15 is 0 Å². The third kappa shape index (κ3) is 1.91. The van der Waals surface area contributed by atoms with Crippen LogP contribution in [-0.2, 0) is 0 Å². The molecule has 7 nitrogen and oxygen atoms in total. The number of nitrogens with two attached hydrogens (primary N) is 2. The number of hydrogen-bond acceptors (Lipinski definition) is 4. The summed E-state index contributed by atoms with van der Waals surface area (Å²) in [7, 11) is 0. The Kier molecular flexibility index (Phi) is 2.72. The van der Waals surface area contributed by atoms with Crippen LogP contribution >= 0.6 is 0 Å². The number of carbonyl (C=O) groups is 1. The van der Waals surface area contributed by atoms with Crippen molar-refractivity contribution in [3.63, 3.8) is 0 Å². The van der Waals surface area contributed by atoms with Crippen LogP contribution in [0.1, 0.15) is 10.5 Å². The lowest BCUT2D eigenvalue weighted by Gasteiger charge is -2.08. The number of rotatable bonds is 3. The highest BCUT2D eigenvalue weighted by Gasteiger charge is 2.15. The van der Waals surface area contributed by atoms with Gasteiger partial charge in [-0.3, -0.25) is 9.36 Å². The fourth-order valence-electron chi connectivity index (χ4n) is 1.92. The lowest BCUT2D eigenvalue weighted by molar-refractivity contribution is 0.0995. The van der Waals surface area contributed by atoms with Crippen molar-refractivity contribution in [2.75, 3.05) is 5.73 Å². The van der Waals surface area contributed by atoms with Gasteiger partial charge in [0, 0.05) is 24.1 Å². The molecule has 0 bridgehead atoms. The maximum Gasteiger partial charge on any atom is 0.269 e. The number of primary amides is 1. The summed E-state index contributed by atoms with van der Waals surface area (Å²) in [5, 5.41) is 4.07. The molecule has 100 valence electrons. The number of para-hydroxylation sites is 1. The fourth-order valence-corrected chi connectivity index (χ4v) is 1.92. The third-order valence-electron chi connectivity index (χ3n) is 2.83. The molecule has 7 heteroatoms. The van der Waals surface area contributed by atoms with Crippen LogP contribution < -0.4 is 11.5 Å². The number of hydrogen-bond donors (Lipinski definition) is 2. The van der Waals surface area contributed by atoms with Crippen molar-refractivity contribution in [1.29, 1.82) is 0 Å². The van der Waals surface area contributed by atoms with Gasteiger partial charge in [0.25, 0.3) is 5.91 Å². The fraction of sp³-hybridized carbons (Fsp3) is 0. The monoisotopic (exact) mass is 268 g/mol. The molecule has 0 spiro atoms. The van der Waals surface area contributed by atoms with Crippen LogP contribution in [0.5, 0.6) is 0 Å². The summed E-state index contributed by atoms with van der Waals surface area (Å²) in [5.74, 6) is 0.150. The van der Waals surface area contributed by atoms with E-state index in [0.717, 1.165) is 5.69 Å². The van der Waals surface area contributed by atoms with Crippen LogP contribution in [0.2, 0.25) is 0 Å². The molecule has 1 amide bonds. The molecule has 0 saturated carbocycles. The first-order chi connectivity index (χ1) is 9.66. The quantitative estimate of drug-likeness (QED) is 0.730. The Morgan fingerprint density at radius 2 is 1.95 bits per heavy atom. The van der Waals surface area contributed by atoms with Crippen molar-refractivity contribution >= 4 is 11.7 Å². The third-order valence-corrected chi connectivity index (χ3v) is 2.83. The van der Waals surface area contributed by atoms with E-state index in [1.54, 1.807) is 12.4 Å². The van der Waals surface area contributed by atoms with Gasteiger partial charge in [-0.15, -0.1) is 0 Å². The van der Waals surface area contributed by atoms with Crippen molar-refractivity contribution in [2.45, 2.75) is 0 Å². The zero-order valence-electron chi connectivity index (χ0n) is 10.5. The van der Waals surface area contributed by atoms with E-state index in [0.29, 0.717) is 11.8 Å². The molecule has 0 unspecified atom stereocenters. The number of benzene rings is 1. The molecule has 0 aliphatic rings. The minimum absolute atomic E-state index is 0.102. The molecule has 3 aromatic rings. The van der Waals surface area contributed by atoms with Crippen LogP contribution in [0.3, 0.4) is 0 Å². The number of amides is 1. The van der Waals surface area contributed by atoms with Crippen LogP contribution in [0.4, 0.5) is 5.82 Å². The van der Waals surface area contributed by atoms with Crippen molar-refractivity contribution in [2.24, 2.45) is 5.73 Å². The molecular weight excluding hydrogens is 256 g/mol. The van der Waals surface area contributed by atoms with Crippen LogP contribution in [0.25, 0.3) is 11.6 Å². The minimum atomic E-state index is -0.631. The Labute approximate surface area is 114 Å². The van der Waals surface area contributed by atoms with Gasteiger partial charge in [0.2, 0.25) is 5.95 Å².